The molecule has 3 rings (SSSR count). The smallest absolute Gasteiger partial charge is 0.245 e. The highest BCUT2D eigenvalue weighted by atomic mass is 32.1. The molecule has 108 valence electrons. The van der Waals surface area contributed by atoms with E-state index in [4.69, 9.17) is 0 Å². The van der Waals surface area contributed by atoms with Crippen LogP contribution in [-0.4, -0.2) is 34.3 Å². The maximum absolute atomic E-state index is 12.3. The van der Waals surface area contributed by atoms with Gasteiger partial charge in [-0.05, 0) is 32.6 Å². The third-order valence-electron chi connectivity index (χ3n) is 3.91. The van der Waals surface area contributed by atoms with Crippen molar-refractivity contribution in [3.05, 3.63) is 11.1 Å². The Morgan fingerprint density at radius 2 is 2.15 bits per heavy atom. The van der Waals surface area contributed by atoms with Crippen molar-refractivity contribution in [1.82, 2.24) is 9.88 Å². The van der Waals surface area contributed by atoms with E-state index < -0.39 is 0 Å². The minimum Gasteiger partial charge on any atom is -0.330 e. The van der Waals surface area contributed by atoms with Gasteiger partial charge in [-0.1, -0.05) is 6.42 Å². The maximum atomic E-state index is 12.3. The molecule has 0 unspecified atom stereocenters. The molecule has 20 heavy (non-hydrogen) atoms. The molecule has 1 heterocycles. The summed E-state index contributed by atoms with van der Waals surface area (Å²) in [5.41, 5.74) is 0. The van der Waals surface area contributed by atoms with E-state index in [0.717, 1.165) is 37.0 Å². The first kappa shape index (κ1) is 13.5. The first-order valence-corrected chi connectivity index (χ1v) is 7.98. The summed E-state index contributed by atoms with van der Waals surface area (Å²) < 4.78 is 0. The third-order valence-corrected chi connectivity index (χ3v) is 4.73. The van der Waals surface area contributed by atoms with Gasteiger partial charge in [0.15, 0.2) is 5.13 Å². The van der Waals surface area contributed by atoms with Gasteiger partial charge in [0.2, 0.25) is 11.8 Å². The Kier molecular flexibility index (Phi) is 3.74. The lowest BCUT2D eigenvalue weighted by atomic mass is 9.84. The molecule has 0 spiro atoms. The molecule has 0 saturated heterocycles. The van der Waals surface area contributed by atoms with Crippen molar-refractivity contribution >= 4 is 28.3 Å². The van der Waals surface area contributed by atoms with Crippen LogP contribution in [0.2, 0.25) is 0 Å². The zero-order valence-electron chi connectivity index (χ0n) is 11.6. The summed E-state index contributed by atoms with van der Waals surface area (Å²) >= 11 is 1.45. The Morgan fingerprint density at radius 1 is 1.40 bits per heavy atom. The Balaban J connectivity index is 1.58. The van der Waals surface area contributed by atoms with Crippen molar-refractivity contribution < 1.29 is 9.59 Å². The number of carbonyl (C=O) groups excluding carboxylic acids is 2. The molecule has 2 fully saturated rings. The van der Waals surface area contributed by atoms with Crippen molar-refractivity contribution in [2.75, 3.05) is 11.9 Å². The highest BCUT2D eigenvalue weighted by Crippen LogP contribution is 2.33. The Labute approximate surface area is 122 Å². The van der Waals surface area contributed by atoms with Gasteiger partial charge in [-0.15, -0.1) is 11.3 Å². The van der Waals surface area contributed by atoms with Crippen LogP contribution in [0.3, 0.4) is 0 Å². The van der Waals surface area contributed by atoms with E-state index >= 15 is 0 Å². The number of aryl methyl sites for hydroxylation is 1. The number of amides is 2. The van der Waals surface area contributed by atoms with Gasteiger partial charge >= 0.3 is 0 Å². The van der Waals surface area contributed by atoms with Crippen LogP contribution in [0.1, 0.15) is 37.0 Å². The van der Waals surface area contributed by atoms with E-state index in [1.54, 1.807) is 11.1 Å². The molecule has 5 nitrogen and oxygen atoms in total. The van der Waals surface area contributed by atoms with Gasteiger partial charge in [-0.3, -0.25) is 9.59 Å². The summed E-state index contributed by atoms with van der Waals surface area (Å²) in [5.74, 6) is 0.189. The van der Waals surface area contributed by atoms with Crippen LogP contribution in [0, 0.1) is 12.8 Å². The van der Waals surface area contributed by atoms with E-state index in [0.29, 0.717) is 5.13 Å². The van der Waals surface area contributed by atoms with Crippen LogP contribution >= 0.6 is 11.3 Å². The third kappa shape index (κ3) is 3.00. The van der Waals surface area contributed by atoms with Crippen LogP contribution in [0.15, 0.2) is 6.20 Å². The first-order chi connectivity index (χ1) is 9.63. The van der Waals surface area contributed by atoms with Gasteiger partial charge in [0, 0.05) is 23.0 Å². The molecular formula is C14H19N3O2S. The summed E-state index contributed by atoms with van der Waals surface area (Å²) in [6.07, 6.45) is 6.90. The Bertz CT molecular complexity index is 520. The van der Waals surface area contributed by atoms with Crippen molar-refractivity contribution in [2.45, 2.75) is 45.1 Å². The molecule has 0 aliphatic heterocycles. The molecule has 0 aromatic carbocycles. The molecule has 2 aliphatic rings. The highest BCUT2D eigenvalue weighted by molar-refractivity contribution is 7.15. The number of anilines is 1. The van der Waals surface area contributed by atoms with Gasteiger partial charge in [0.05, 0.1) is 0 Å². The maximum Gasteiger partial charge on any atom is 0.245 e. The minimum atomic E-state index is -0.140. The molecule has 2 saturated carbocycles. The van der Waals surface area contributed by atoms with Gasteiger partial charge in [0.1, 0.15) is 6.54 Å². The molecule has 6 heteroatoms. The Morgan fingerprint density at radius 3 is 2.65 bits per heavy atom. The van der Waals surface area contributed by atoms with Gasteiger partial charge in [-0.25, -0.2) is 4.98 Å². The lowest BCUT2D eigenvalue weighted by molar-refractivity contribution is -0.141. The zero-order chi connectivity index (χ0) is 14.1. The average Bonchev–Trinajstić information content (AvgIpc) is 3.08. The second-order valence-electron chi connectivity index (χ2n) is 5.65. The van der Waals surface area contributed by atoms with E-state index in [1.807, 2.05) is 6.92 Å². The molecule has 1 aromatic rings. The molecule has 0 bridgehead atoms. The summed E-state index contributed by atoms with van der Waals surface area (Å²) in [4.78, 5) is 31.3. The molecule has 0 atom stereocenters. The topological polar surface area (TPSA) is 62.3 Å². The van der Waals surface area contributed by atoms with Crippen molar-refractivity contribution in [3.8, 4) is 0 Å². The zero-order valence-corrected chi connectivity index (χ0v) is 12.4. The van der Waals surface area contributed by atoms with Gasteiger partial charge in [0.25, 0.3) is 0 Å². The number of nitrogens with one attached hydrogen (secondary N) is 1. The quantitative estimate of drug-likeness (QED) is 0.905. The fourth-order valence-electron chi connectivity index (χ4n) is 2.39. The molecule has 2 amide bonds. The van der Waals surface area contributed by atoms with Crippen molar-refractivity contribution in [2.24, 2.45) is 5.92 Å². The summed E-state index contributed by atoms with van der Waals surface area (Å²) in [6, 6.07) is 0.284. The summed E-state index contributed by atoms with van der Waals surface area (Å²) in [7, 11) is 0. The van der Waals surface area contributed by atoms with E-state index in [-0.39, 0.29) is 30.3 Å². The number of rotatable bonds is 5. The van der Waals surface area contributed by atoms with Crippen LogP contribution in [0.25, 0.3) is 0 Å². The van der Waals surface area contributed by atoms with Gasteiger partial charge < -0.3 is 10.2 Å². The van der Waals surface area contributed by atoms with Gasteiger partial charge in [-0.2, -0.15) is 0 Å². The standard InChI is InChI=1S/C14H19N3O2S/c1-9-7-15-14(20-9)16-12(18)8-17(11-5-6-11)13(19)10-3-2-4-10/h7,10-11H,2-6,8H2,1H3,(H,15,16,18). The fourth-order valence-corrected chi connectivity index (χ4v) is 3.07. The SMILES string of the molecule is Cc1cnc(NC(=O)CN(C(=O)C2CCC2)C2CC2)s1. The summed E-state index contributed by atoms with van der Waals surface area (Å²) in [5, 5.41) is 3.39. The average molecular weight is 293 g/mol. The number of thiazole rings is 1. The predicted octanol–water partition coefficient (Wildman–Crippen LogP) is 2.18. The molecule has 0 radical (unpaired) electrons. The van der Waals surface area contributed by atoms with E-state index in [1.165, 1.54) is 11.3 Å². The predicted molar refractivity (Wildman–Crippen MR) is 77.6 cm³/mol. The normalized spacial score (nSPS) is 18.4. The largest absolute Gasteiger partial charge is 0.330 e. The monoisotopic (exact) mass is 293 g/mol. The molecular weight excluding hydrogens is 274 g/mol. The second-order valence-corrected chi connectivity index (χ2v) is 6.88. The number of nitrogens with zero attached hydrogens (tertiary/aromatic N) is 2. The number of hydrogen-bond donors (Lipinski definition) is 1. The number of carbonyl (C=O) groups is 2. The number of aromatic nitrogens is 1. The van der Waals surface area contributed by atoms with Crippen molar-refractivity contribution in [3.63, 3.8) is 0 Å². The lowest BCUT2D eigenvalue weighted by Crippen LogP contribution is -2.44. The second kappa shape index (κ2) is 5.52. The molecule has 1 aromatic heterocycles. The van der Waals surface area contributed by atoms with Crippen LogP contribution in [-0.2, 0) is 9.59 Å². The van der Waals surface area contributed by atoms with Crippen LogP contribution in [0.4, 0.5) is 5.13 Å². The number of hydrogen-bond acceptors (Lipinski definition) is 4. The highest BCUT2D eigenvalue weighted by Gasteiger charge is 2.38. The lowest BCUT2D eigenvalue weighted by Gasteiger charge is -2.31. The Hall–Kier alpha value is -1.43. The summed E-state index contributed by atoms with van der Waals surface area (Å²) in [6.45, 7) is 2.11. The van der Waals surface area contributed by atoms with E-state index in [2.05, 4.69) is 10.3 Å². The van der Waals surface area contributed by atoms with Crippen molar-refractivity contribution in [1.29, 1.82) is 0 Å². The minimum absolute atomic E-state index is 0.140. The molecule has 2 aliphatic carbocycles. The van der Waals surface area contributed by atoms with Crippen LogP contribution < -0.4 is 5.32 Å². The van der Waals surface area contributed by atoms with Crippen LogP contribution in [0.5, 0.6) is 0 Å². The first-order valence-electron chi connectivity index (χ1n) is 7.16. The fraction of sp³-hybridized carbons (Fsp3) is 0.643. The molecule has 1 N–H and O–H groups in total. The van der Waals surface area contributed by atoms with E-state index in [9.17, 15) is 9.59 Å².